The number of primary amides is 1. The highest BCUT2D eigenvalue weighted by atomic mass is 35.5. The molecule has 3 aromatic carbocycles. The van der Waals surface area contributed by atoms with Crippen molar-refractivity contribution in [3.05, 3.63) is 94.4 Å². The number of aromatic nitrogens is 1. The summed E-state index contributed by atoms with van der Waals surface area (Å²) in [4.78, 5) is 42.3. The zero-order valence-electron chi connectivity index (χ0n) is 21.0. The van der Waals surface area contributed by atoms with Crippen LogP contribution in [0.15, 0.2) is 66.9 Å². The predicted octanol–water partition coefficient (Wildman–Crippen LogP) is 5.63. The first kappa shape index (κ1) is 26.3. The van der Waals surface area contributed by atoms with Crippen molar-refractivity contribution in [3.63, 3.8) is 0 Å². The Kier molecular flexibility index (Phi) is 7.06. The van der Waals surface area contributed by atoms with Crippen LogP contribution in [0.2, 0.25) is 5.02 Å². The molecule has 0 radical (unpaired) electrons. The fourth-order valence-electron chi connectivity index (χ4n) is 4.60. The van der Waals surface area contributed by atoms with Crippen molar-refractivity contribution in [1.82, 2.24) is 4.98 Å². The van der Waals surface area contributed by atoms with Gasteiger partial charge in [-0.15, -0.1) is 0 Å². The first-order valence-electron chi connectivity index (χ1n) is 12.2. The number of pyridine rings is 1. The molecule has 0 bridgehead atoms. The molecule has 0 aliphatic heterocycles. The van der Waals surface area contributed by atoms with E-state index in [1.165, 1.54) is 19.2 Å². The summed E-state index contributed by atoms with van der Waals surface area (Å²) in [6.45, 7) is 0. The van der Waals surface area contributed by atoms with Gasteiger partial charge in [0.25, 0.3) is 5.91 Å². The van der Waals surface area contributed by atoms with E-state index >= 15 is 0 Å². The summed E-state index contributed by atoms with van der Waals surface area (Å²) in [7, 11) is 1.44. The lowest BCUT2D eigenvalue weighted by Gasteiger charge is -2.15. The number of methoxy groups -OCH3 is 1. The Morgan fingerprint density at radius 1 is 0.923 bits per heavy atom. The van der Waals surface area contributed by atoms with Crippen LogP contribution in [0.5, 0.6) is 17.2 Å². The van der Waals surface area contributed by atoms with Crippen molar-refractivity contribution >= 4 is 40.0 Å². The van der Waals surface area contributed by atoms with Gasteiger partial charge in [0.2, 0.25) is 0 Å². The average molecular weight is 547 g/mol. The highest BCUT2D eigenvalue weighted by molar-refractivity contribution is 6.32. The smallest absolute Gasteiger partial charge is 0.252 e. The number of ether oxygens (including phenoxy) is 2. The number of rotatable bonds is 10. The minimum absolute atomic E-state index is 0.0507. The molecule has 1 saturated carbocycles. The maximum absolute atomic E-state index is 13.2. The van der Waals surface area contributed by atoms with Gasteiger partial charge in [-0.3, -0.25) is 19.4 Å². The lowest BCUT2D eigenvalue weighted by molar-refractivity contribution is -0.133. The highest BCUT2D eigenvalue weighted by Crippen LogP contribution is 2.49. The number of nitrogens with zero attached hydrogens (tertiary/aromatic N) is 1. The maximum Gasteiger partial charge on any atom is 0.252 e. The Balaban J connectivity index is 1.32. The van der Waals surface area contributed by atoms with Gasteiger partial charge >= 0.3 is 0 Å². The van der Waals surface area contributed by atoms with Crippen LogP contribution >= 0.6 is 11.6 Å². The maximum atomic E-state index is 13.2. The summed E-state index contributed by atoms with van der Waals surface area (Å²) in [5.41, 5.74) is 6.55. The van der Waals surface area contributed by atoms with E-state index in [0.717, 1.165) is 0 Å². The summed E-state index contributed by atoms with van der Waals surface area (Å²) in [6.07, 6.45) is 2.71. The largest absolute Gasteiger partial charge is 0.496 e. The average Bonchev–Trinajstić information content (AvgIpc) is 3.73. The van der Waals surface area contributed by atoms with Gasteiger partial charge in [0.15, 0.2) is 11.6 Å². The molecule has 1 heterocycles. The summed E-state index contributed by atoms with van der Waals surface area (Å²) in [5.74, 6) is -0.296. The van der Waals surface area contributed by atoms with Crippen LogP contribution in [0.1, 0.15) is 34.3 Å². The van der Waals surface area contributed by atoms with Gasteiger partial charge in [0.05, 0.1) is 28.6 Å². The molecular formula is C30H24ClFN2O5. The highest BCUT2D eigenvalue weighted by Gasteiger charge is 2.54. The lowest BCUT2D eigenvalue weighted by atomic mass is 9.88. The summed E-state index contributed by atoms with van der Waals surface area (Å²) in [5, 5.41) is 0.814. The minimum atomic E-state index is -0.995. The number of fused-ring (bicyclic) bond motifs is 1. The second-order valence-corrected chi connectivity index (χ2v) is 9.93. The third-order valence-corrected chi connectivity index (χ3v) is 7.26. The molecule has 1 aromatic heterocycles. The van der Waals surface area contributed by atoms with Crippen molar-refractivity contribution < 1.29 is 28.2 Å². The molecule has 1 fully saturated rings. The third-order valence-electron chi connectivity index (χ3n) is 6.96. The molecule has 1 aliphatic rings. The molecule has 9 heteroatoms. The molecule has 4 aromatic rings. The molecule has 1 amide bonds. The van der Waals surface area contributed by atoms with Crippen molar-refractivity contribution in [2.24, 2.45) is 11.1 Å². The van der Waals surface area contributed by atoms with Crippen molar-refractivity contribution in [3.8, 4) is 17.2 Å². The molecular weight excluding hydrogens is 523 g/mol. The number of carbonyl (C=O) groups excluding carboxylic acids is 3. The molecule has 39 heavy (non-hydrogen) atoms. The van der Waals surface area contributed by atoms with Gasteiger partial charge < -0.3 is 15.2 Å². The Labute approximate surface area is 228 Å². The van der Waals surface area contributed by atoms with E-state index in [9.17, 15) is 18.8 Å². The van der Waals surface area contributed by atoms with Crippen LogP contribution < -0.4 is 15.2 Å². The fraction of sp³-hybridized carbons (Fsp3) is 0.200. The van der Waals surface area contributed by atoms with E-state index in [2.05, 4.69) is 4.98 Å². The summed E-state index contributed by atoms with van der Waals surface area (Å²) < 4.78 is 24.5. The molecule has 0 atom stereocenters. The Morgan fingerprint density at radius 2 is 1.59 bits per heavy atom. The number of hydrogen-bond donors (Lipinski definition) is 1. The van der Waals surface area contributed by atoms with Crippen LogP contribution in [-0.4, -0.2) is 29.6 Å². The normalized spacial score (nSPS) is 13.6. The van der Waals surface area contributed by atoms with Crippen molar-refractivity contribution in [2.75, 3.05) is 7.11 Å². The first-order chi connectivity index (χ1) is 18.7. The Morgan fingerprint density at radius 3 is 2.21 bits per heavy atom. The quantitative estimate of drug-likeness (QED) is 0.258. The predicted molar refractivity (Wildman–Crippen MR) is 144 cm³/mol. The topological polar surface area (TPSA) is 109 Å². The van der Waals surface area contributed by atoms with Gasteiger partial charge in [0, 0.05) is 30.5 Å². The number of carbonyl (C=O) groups is 3. The van der Waals surface area contributed by atoms with Gasteiger partial charge in [-0.2, -0.15) is 0 Å². The third kappa shape index (κ3) is 5.33. The number of benzene rings is 3. The number of halogens is 2. The number of Topliss-reactive ketones (excluding diaryl/α,β-unsaturated/α-hetero) is 2. The van der Waals surface area contributed by atoms with Crippen molar-refractivity contribution in [2.45, 2.75) is 25.7 Å². The molecule has 0 saturated heterocycles. The number of hydrogen-bond acceptors (Lipinski definition) is 6. The monoisotopic (exact) mass is 546 g/mol. The Hall–Kier alpha value is -4.30. The second-order valence-electron chi connectivity index (χ2n) is 9.52. The van der Waals surface area contributed by atoms with E-state index < -0.39 is 11.3 Å². The van der Waals surface area contributed by atoms with Gasteiger partial charge in [-0.05, 0) is 60.4 Å². The van der Waals surface area contributed by atoms with Crippen LogP contribution in [0, 0.1) is 11.2 Å². The van der Waals surface area contributed by atoms with Crippen LogP contribution in [0.3, 0.4) is 0 Å². The number of amides is 1. The van der Waals surface area contributed by atoms with Crippen LogP contribution in [0.25, 0.3) is 10.9 Å². The molecule has 5 rings (SSSR count). The molecule has 2 N–H and O–H groups in total. The molecule has 7 nitrogen and oxygen atoms in total. The standard InChI is InChI=1S/C30H24ClFN2O5/c1-38-26-16-23-20(15-21(26)29(33)37)24(8-11-34-23)39-25-7-4-18(12-22(25)31)14-28(36)30(9-10-30)27(35)13-17-2-5-19(32)6-3-17/h2-8,11-12,15-16H,9-10,13-14H2,1H3,(H2,33,37). The first-order valence-corrected chi connectivity index (χ1v) is 12.6. The second kappa shape index (κ2) is 10.5. The Bertz CT molecular complexity index is 1620. The van der Waals surface area contributed by atoms with Crippen LogP contribution in [-0.2, 0) is 22.4 Å². The molecule has 0 spiro atoms. The molecule has 1 aliphatic carbocycles. The lowest BCUT2D eigenvalue weighted by Crippen LogP contribution is -2.28. The van der Waals surface area contributed by atoms with Crippen molar-refractivity contribution in [1.29, 1.82) is 0 Å². The molecule has 0 unspecified atom stereocenters. The van der Waals surface area contributed by atoms with Gasteiger partial charge in [-0.1, -0.05) is 29.8 Å². The summed E-state index contributed by atoms with van der Waals surface area (Å²) in [6, 6.07) is 15.5. The zero-order valence-corrected chi connectivity index (χ0v) is 21.8. The van der Waals surface area contributed by atoms with E-state index in [1.54, 1.807) is 54.7 Å². The van der Waals surface area contributed by atoms with Gasteiger partial charge in [0.1, 0.15) is 23.1 Å². The number of nitrogens with two attached hydrogens (primary N) is 1. The fourth-order valence-corrected chi connectivity index (χ4v) is 4.85. The van der Waals surface area contributed by atoms with Gasteiger partial charge in [-0.25, -0.2) is 4.39 Å². The number of ketones is 2. The van der Waals surface area contributed by atoms with Crippen LogP contribution in [0.4, 0.5) is 4.39 Å². The van der Waals surface area contributed by atoms with E-state index in [4.69, 9.17) is 26.8 Å². The zero-order chi connectivity index (χ0) is 27.7. The minimum Gasteiger partial charge on any atom is -0.496 e. The molecule has 198 valence electrons. The summed E-state index contributed by atoms with van der Waals surface area (Å²) >= 11 is 6.51. The van der Waals surface area contributed by atoms with E-state index in [-0.39, 0.29) is 40.8 Å². The van der Waals surface area contributed by atoms with E-state index in [1.807, 2.05) is 0 Å². The van der Waals surface area contributed by atoms with E-state index in [0.29, 0.717) is 52.1 Å². The SMILES string of the molecule is COc1cc2nccc(Oc3ccc(CC(=O)C4(C(=O)Cc5ccc(F)cc5)CC4)cc3Cl)c2cc1C(N)=O.